The van der Waals surface area contributed by atoms with Crippen LogP contribution in [0.4, 0.5) is 13.2 Å². The van der Waals surface area contributed by atoms with Gasteiger partial charge in [-0.25, -0.2) is 0 Å². The minimum atomic E-state index is -4.46. The minimum Gasteiger partial charge on any atom is -0.277 e. The number of hydrogen-bond donors (Lipinski definition) is 0. The zero-order valence-electron chi connectivity index (χ0n) is 2.95. The van der Waals surface area contributed by atoms with Crippen molar-refractivity contribution in [2.75, 3.05) is 0 Å². The Morgan fingerprint density at radius 1 is 1.43 bits per heavy atom. The van der Waals surface area contributed by atoms with Gasteiger partial charge >= 0.3 is 5.51 Å². The zero-order valence-corrected chi connectivity index (χ0v) is 3.77. The molecule has 0 atom stereocenters. The van der Waals surface area contributed by atoms with Crippen LogP contribution in [0.3, 0.4) is 0 Å². The Bertz CT molecular complexity index is 67.8. The van der Waals surface area contributed by atoms with E-state index in [1.54, 1.807) is 0 Å². The molecule has 0 heterocycles. The Kier molecular flexibility index (Phi) is 2.14. The van der Waals surface area contributed by atoms with E-state index in [1.807, 2.05) is 0 Å². The highest BCUT2D eigenvalue weighted by molar-refractivity contribution is 8.12. The van der Waals surface area contributed by atoms with Crippen LogP contribution in [-0.2, 0) is 4.79 Å². The van der Waals surface area contributed by atoms with Gasteiger partial charge in [0.25, 0.3) is 5.62 Å². The summed E-state index contributed by atoms with van der Waals surface area (Å²) in [6, 6.07) is 0. The second-order valence-corrected chi connectivity index (χ2v) is 1.46. The van der Waals surface area contributed by atoms with Crippen LogP contribution in [-0.4, -0.2) is 11.1 Å². The van der Waals surface area contributed by atoms with Crippen molar-refractivity contribution in [2.45, 2.75) is 5.51 Å². The predicted molar refractivity (Wildman–Crippen MR) is 19.3 cm³/mol. The maximum Gasteiger partial charge on any atom is 0.449 e. The lowest BCUT2D eigenvalue weighted by molar-refractivity contribution is -0.0316. The van der Waals surface area contributed by atoms with Gasteiger partial charge in [0.05, 0.1) is 0 Å². The van der Waals surface area contributed by atoms with Gasteiger partial charge in [-0.2, -0.15) is 13.2 Å². The summed E-state index contributed by atoms with van der Waals surface area (Å²) in [6.45, 7) is 0. The Balaban J connectivity index is 3.34. The first kappa shape index (κ1) is 6.81. The second kappa shape index (κ2) is 2.20. The van der Waals surface area contributed by atoms with Crippen LogP contribution in [0.15, 0.2) is 0 Å². The summed E-state index contributed by atoms with van der Waals surface area (Å²) in [5.41, 5.74) is -3.81. The van der Waals surface area contributed by atoms with Gasteiger partial charge in [-0.15, -0.1) is 0 Å². The van der Waals surface area contributed by atoms with Crippen LogP contribution in [0, 0.1) is 0 Å². The third-order valence-corrected chi connectivity index (χ3v) is 0.472. The van der Waals surface area contributed by atoms with Crippen LogP contribution in [0.5, 0.6) is 0 Å². The average Bonchev–Trinajstić information content (AvgIpc) is 1.30. The quantitative estimate of drug-likeness (QED) is 0.530. The van der Waals surface area contributed by atoms with Crippen molar-refractivity contribution >= 4 is 17.4 Å². The summed E-state index contributed by atoms with van der Waals surface area (Å²) in [7, 11) is 0. The van der Waals surface area contributed by atoms with Crippen molar-refractivity contribution in [3.8, 4) is 0 Å². The largest absolute Gasteiger partial charge is 0.449 e. The van der Waals surface area contributed by atoms with Gasteiger partial charge in [-0.1, -0.05) is 0 Å². The van der Waals surface area contributed by atoms with E-state index in [0.29, 0.717) is 5.62 Å². The van der Waals surface area contributed by atoms with Gasteiger partial charge in [0.2, 0.25) is 0 Å². The molecule has 7 heavy (non-hydrogen) atoms. The summed E-state index contributed by atoms with van der Waals surface area (Å²) < 4.78 is 32.3. The topological polar surface area (TPSA) is 17.1 Å². The smallest absolute Gasteiger partial charge is 0.277 e. The summed E-state index contributed by atoms with van der Waals surface area (Å²) in [5, 5.41) is 0. The molecular weight excluding hydrogens is 129 g/mol. The Morgan fingerprint density at radius 3 is 1.86 bits per heavy atom. The SMILES string of the molecule is O=[C]SC(F)(F)F. The summed E-state index contributed by atoms with van der Waals surface area (Å²) in [4.78, 5) is 8.94. The molecule has 0 bridgehead atoms. The molecule has 0 spiro atoms. The standard InChI is InChI=1S/C2F3OS/c3-2(4,5)7-1-6. The molecule has 41 valence electrons. The lowest BCUT2D eigenvalue weighted by Gasteiger charge is -1.93. The summed E-state index contributed by atoms with van der Waals surface area (Å²) in [6.07, 6.45) is 0. The van der Waals surface area contributed by atoms with Crippen LogP contribution < -0.4 is 0 Å². The molecule has 0 aromatic heterocycles. The first-order valence-corrected chi connectivity index (χ1v) is 2.00. The molecule has 1 nitrogen and oxygen atoms in total. The molecule has 5 heteroatoms. The fraction of sp³-hybridized carbons (Fsp3) is 0.500. The lowest BCUT2D eigenvalue weighted by atomic mass is 11.6. The zero-order chi connectivity index (χ0) is 5.91. The van der Waals surface area contributed by atoms with Crippen LogP contribution in [0.1, 0.15) is 0 Å². The molecule has 0 aromatic rings. The molecule has 0 rings (SSSR count). The van der Waals surface area contributed by atoms with Crippen molar-refractivity contribution < 1.29 is 18.0 Å². The number of hydrogen-bond acceptors (Lipinski definition) is 2. The van der Waals surface area contributed by atoms with Gasteiger partial charge < -0.3 is 0 Å². The number of alkyl halides is 3. The molecule has 0 aromatic carbocycles. The van der Waals surface area contributed by atoms with Crippen LogP contribution in [0.2, 0.25) is 0 Å². The molecule has 1 radical (unpaired) electrons. The normalized spacial score (nSPS) is 11.3. The third kappa shape index (κ3) is 5.81. The fourth-order valence-electron chi connectivity index (χ4n) is 0.0472. The van der Waals surface area contributed by atoms with Crippen molar-refractivity contribution in [3.63, 3.8) is 0 Å². The molecule has 0 N–H and O–H groups in total. The average molecular weight is 129 g/mol. The van der Waals surface area contributed by atoms with E-state index in [-0.39, 0.29) is 0 Å². The van der Waals surface area contributed by atoms with Crippen molar-refractivity contribution in [3.05, 3.63) is 0 Å². The van der Waals surface area contributed by atoms with Crippen LogP contribution >= 0.6 is 11.8 Å². The van der Waals surface area contributed by atoms with Crippen LogP contribution in [0.25, 0.3) is 0 Å². The Hall–Kier alpha value is -0.190. The second-order valence-electron chi connectivity index (χ2n) is 0.631. The van der Waals surface area contributed by atoms with Crippen molar-refractivity contribution in [1.82, 2.24) is 0 Å². The molecule has 0 saturated heterocycles. The lowest BCUT2D eigenvalue weighted by Crippen LogP contribution is -1.98. The molecule has 0 saturated carbocycles. The maximum atomic E-state index is 10.8. The van der Waals surface area contributed by atoms with Gasteiger partial charge in [-0.05, 0) is 0 Å². The maximum absolute atomic E-state index is 10.8. The van der Waals surface area contributed by atoms with E-state index in [4.69, 9.17) is 4.79 Å². The number of thioether (sulfide) groups is 1. The highest BCUT2D eigenvalue weighted by Gasteiger charge is 2.28. The first-order valence-electron chi connectivity index (χ1n) is 1.18. The number of carbonyl (C=O) groups excluding carboxylic acids is 1. The molecule has 0 aliphatic heterocycles. The van der Waals surface area contributed by atoms with E-state index < -0.39 is 17.3 Å². The molecule has 0 aliphatic rings. The van der Waals surface area contributed by atoms with E-state index in [2.05, 4.69) is 0 Å². The van der Waals surface area contributed by atoms with Crippen molar-refractivity contribution in [1.29, 1.82) is 0 Å². The van der Waals surface area contributed by atoms with E-state index in [9.17, 15) is 13.2 Å². The van der Waals surface area contributed by atoms with Crippen molar-refractivity contribution in [2.24, 2.45) is 0 Å². The van der Waals surface area contributed by atoms with Gasteiger partial charge in [0.15, 0.2) is 0 Å². The number of rotatable bonds is 1. The molecule has 0 fully saturated rings. The fourth-order valence-corrected chi connectivity index (χ4v) is 0.142. The number of halogens is 3. The first-order chi connectivity index (χ1) is 3.06. The predicted octanol–water partition coefficient (Wildman–Crippen LogP) is 1.31. The summed E-state index contributed by atoms with van der Waals surface area (Å²) >= 11 is -0.817. The Labute approximate surface area is 41.9 Å². The molecule has 0 amide bonds. The van der Waals surface area contributed by atoms with Gasteiger partial charge in [0.1, 0.15) is 0 Å². The monoisotopic (exact) mass is 129 g/mol. The van der Waals surface area contributed by atoms with Gasteiger partial charge in [-0.3, -0.25) is 4.79 Å². The van der Waals surface area contributed by atoms with E-state index in [1.165, 1.54) is 0 Å². The highest BCUT2D eigenvalue weighted by atomic mass is 32.2. The minimum absolute atomic E-state index is 0.649. The van der Waals surface area contributed by atoms with E-state index >= 15 is 0 Å². The molecule has 0 unspecified atom stereocenters. The molecule has 0 aliphatic carbocycles. The Morgan fingerprint density at radius 2 is 1.86 bits per heavy atom. The van der Waals surface area contributed by atoms with E-state index in [0.717, 1.165) is 0 Å². The third-order valence-electron chi connectivity index (χ3n) is 0.157. The molecular formula is C2F3OS. The summed E-state index contributed by atoms with van der Waals surface area (Å²) in [5.74, 6) is 0. The highest BCUT2D eigenvalue weighted by Crippen LogP contribution is 2.27. The van der Waals surface area contributed by atoms with Gasteiger partial charge in [0, 0.05) is 11.8 Å².